The maximum atomic E-state index is 13.0. The zero-order valence-corrected chi connectivity index (χ0v) is 20.0. The Bertz CT molecular complexity index is 1340. The number of pyridine rings is 1. The summed E-state index contributed by atoms with van der Waals surface area (Å²) in [6.45, 7) is 1.96. The summed E-state index contributed by atoms with van der Waals surface area (Å²) in [4.78, 5) is 36.5. The van der Waals surface area contributed by atoms with Crippen molar-refractivity contribution in [2.24, 2.45) is 5.10 Å². The first-order valence-corrected chi connectivity index (χ1v) is 11.0. The number of amidine groups is 1. The van der Waals surface area contributed by atoms with Crippen LogP contribution in [0.4, 0.5) is 24.5 Å². The molecule has 0 atom stereocenters. The molecule has 0 saturated heterocycles. The highest BCUT2D eigenvalue weighted by atomic mass is 19.4. The Kier molecular flexibility index (Phi) is 8.67. The zero-order chi connectivity index (χ0) is 27.0. The molecule has 0 aliphatic heterocycles. The molecule has 0 aliphatic rings. The molecule has 1 heterocycles. The minimum atomic E-state index is -4.85. The molecule has 2 aromatic carbocycles. The van der Waals surface area contributed by atoms with E-state index in [0.717, 1.165) is 22.7 Å². The second-order valence-electron chi connectivity index (χ2n) is 7.72. The van der Waals surface area contributed by atoms with Crippen molar-refractivity contribution >= 4 is 29.5 Å². The van der Waals surface area contributed by atoms with Gasteiger partial charge < -0.3 is 19.9 Å². The number of hydrogen-bond donors (Lipinski definition) is 2. The van der Waals surface area contributed by atoms with Crippen molar-refractivity contribution in [3.63, 3.8) is 0 Å². The maximum Gasteiger partial charge on any atom is 0.573 e. The van der Waals surface area contributed by atoms with Gasteiger partial charge in [-0.25, -0.2) is 5.01 Å². The topological polar surface area (TPSA) is 105 Å². The van der Waals surface area contributed by atoms with Crippen LogP contribution < -0.4 is 25.9 Å². The van der Waals surface area contributed by atoms with Crippen molar-refractivity contribution in [1.82, 2.24) is 9.88 Å². The lowest BCUT2D eigenvalue weighted by molar-refractivity contribution is -0.274. The summed E-state index contributed by atoms with van der Waals surface area (Å²) in [5, 5.41) is 10.7. The number of nitrogens with zero attached hydrogens (tertiary/aromatic N) is 3. The maximum absolute atomic E-state index is 13.0. The molecule has 37 heavy (non-hydrogen) atoms. The number of ether oxygens (including phenoxy) is 1. The second-order valence-corrected chi connectivity index (χ2v) is 7.72. The third-order valence-corrected chi connectivity index (χ3v) is 5.17. The largest absolute Gasteiger partial charge is 0.573 e. The predicted octanol–water partition coefficient (Wildman–Crippen LogP) is 3.63. The van der Waals surface area contributed by atoms with Crippen molar-refractivity contribution in [3.8, 4) is 5.75 Å². The van der Waals surface area contributed by atoms with Gasteiger partial charge in [0.05, 0.1) is 5.69 Å². The lowest BCUT2D eigenvalue weighted by Gasteiger charge is -2.18. The summed E-state index contributed by atoms with van der Waals surface area (Å²) >= 11 is 0. The molecule has 1 aromatic heterocycles. The first-order chi connectivity index (χ1) is 17.6. The molecule has 2 N–H and O–H groups in total. The van der Waals surface area contributed by atoms with E-state index in [1.807, 2.05) is 19.1 Å². The van der Waals surface area contributed by atoms with Crippen LogP contribution in [0.25, 0.3) is 0 Å². The second kappa shape index (κ2) is 11.9. The number of hydrazone groups is 1. The van der Waals surface area contributed by atoms with Gasteiger partial charge in [0.15, 0.2) is 5.84 Å². The Labute approximate surface area is 210 Å². The number of amides is 2. The number of carbonyl (C=O) groups is 2. The van der Waals surface area contributed by atoms with Gasteiger partial charge in [0.25, 0.3) is 5.56 Å². The Morgan fingerprint density at radius 1 is 1.11 bits per heavy atom. The fourth-order valence-corrected chi connectivity index (χ4v) is 3.32. The highest BCUT2D eigenvalue weighted by Gasteiger charge is 2.31. The molecule has 3 rings (SSSR count). The van der Waals surface area contributed by atoms with E-state index >= 15 is 0 Å². The highest BCUT2D eigenvalue weighted by Crippen LogP contribution is 2.25. The van der Waals surface area contributed by atoms with Gasteiger partial charge in [0.2, 0.25) is 12.3 Å². The van der Waals surface area contributed by atoms with Crippen LogP contribution in [0.15, 0.2) is 76.8 Å². The molecular formula is C25H24F3N5O4. The molecule has 3 aromatic rings. The SMILES string of the molecule is CNC(=O)CCn1cccc(N/C(=N/N(C=O)c2ccc(OC(F)(F)F)cc2)c2ccccc2C)c1=O. The van der Waals surface area contributed by atoms with Gasteiger partial charge in [-0.05, 0) is 48.9 Å². The number of alkyl halides is 3. The highest BCUT2D eigenvalue weighted by molar-refractivity contribution is 6.10. The van der Waals surface area contributed by atoms with Crippen LogP contribution in [-0.4, -0.2) is 36.1 Å². The zero-order valence-electron chi connectivity index (χ0n) is 20.0. The van der Waals surface area contributed by atoms with Crippen LogP contribution in [0, 0.1) is 6.92 Å². The predicted molar refractivity (Wildman–Crippen MR) is 132 cm³/mol. The first kappa shape index (κ1) is 27.0. The number of hydrogen-bond acceptors (Lipinski definition) is 5. The summed E-state index contributed by atoms with van der Waals surface area (Å²) in [6, 6.07) is 14.8. The minimum Gasteiger partial charge on any atom is -0.406 e. The van der Waals surface area contributed by atoms with E-state index in [1.54, 1.807) is 24.4 Å². The van der Waals surface area contributed by atoms with Gasteiger partial charge in [-0.1, -0.05) is 24.3 Å². The summed E-state index contributed by atoms with van der Waals surface area (Å²) in [6.07, 6.45) is -2.82. The number of nitrogens with one attached hydrogen (secondary N) is 2. The van der Waals surface area contributed by atoms with E-state index in [9.17, 15) is 27.6 Å². The smallest absolute Gasteiger partial charge is 0.406 e. The fourth-order valence-electron chi connectivity index (χ4n) is 3.32. The summed E-state index contributed by atoms with van der Waals surface area (Å²) < 4.78 is 42.6. The molecule has 0 bridgehead atoms. The van der Waals surface area contributed by atoms with E-state index in [1.165, 1.54) is 29.8 Å². The minimum absolute atomic E-state index is 0.103. The Balaban J connectivity index is 1.98. The van der Waals surface area contributed by atoms with Gasteiger partial charge >= 0.3 is 6.36 Å². The van der Waals surface area contributed by atoms with Gasteiger partial charge in [-0.2, -0.15) is 0 Å². The van der Waals surface area contributed by atoms with E-state index in [2.05, 4.69) is 20.5 Å². The fraction of sp³-hybridized carbons (Fsp3) is 0.200. The van der Waals surface area contributed by atoms with Crippen LogP contribution in [0.1, 0.15) is 17.5 Å². The number of aryl methyl sites for hydroxylation is 2. The molecule has 0 unspecified atom stereocenters. The third kappa shape index (κ3) is 7.43. The van der Waals surface area contributed by atoms with Crippen LogP contribution >= 0.6 is 0 Å². The quantitative estimate of drug-likeness (QED) is 0.196. The van der Waals surface area contributed by atoms with E-state index in [4.69, 9.17) is 0 Å². The number of aromatic nitrogens is 1. The summed E-state index contributed by atoms with van der Waals surface area (Å²) in [5.74, 6) is -0.535. The van der Waals surface area contributed by atoms with Crippen molar-refractivity contribution in [1.29, 1.82) is 0 Å². The van der Waals surface area contributed by atoms with Gasteiger partial charge in [-0.15, -0.1) is 18.3 Å². The molecule has 2 amide bonds. The number of halogens is 3. The first-order valence-electron chi connectivity index (χ1n) is 11.0. The van der Waals surface area contributed by atoms with Crippen molar-refractivity contribution in [2.75, 3.05) is 17.4 Å². The average Bonchev–Trinajstić information content (AvgIpc) is 2.86. The molecule has 0 fully saturated rings. The van der Waals surface area contributed by atoms with Crippen molar-refractivity contribution in [3.05, 3.63) is 88.3 Å². The molecule has 9 nitrogen and oxygen atoms in total. The standard InChI is InChI=1S/C25H24F3N5O4/c1-17-6-3-4-7-20(17)23(30-21-8-5-14-32(24(21)36)15-13-22(35)29-2)31-33(16-34)18-9-11-19(12-10-18)37-25(26,27)28/h3-12,14,16H,13,15H2,1-2H3,(H,29,35)(H,30,31). The van der Waals surface area contributed by atoms with Gasteiger partial charge in [-0.3, -0.25) is 14.4 Å². The van der Waals surface area contributed by atoms with Crippen LogP contribution in [0.5, 0.6) is 5.75 Å². The summed E-state index contributed by atoms with van der Waals surface area (Å²) in [7, 11) is 1.50. The summed E-state index contributed by atoms with van der Waals surface area (Å²) in [5.41, 5.74) is 1.24. The van der Waals surface area contributed by atoms with E-state index in [-0.39, 0.29) is 36.1 Å². The Morgan fingerprint density at radius 2 is 1.81 bits per heavy atom. The van der Waals surface area contributed by atoms with E-state index < -0.39 is 17.7 Å². The molecule has 0 radical (unpaired) electrons. The van der Waals surface area contributed by atoms with E-state index in [0.29, 0.717) is 12.0 Å². The number of benzene rings is 2. The third-order valence-electron chi connectivity index (χ3n) is 5.17. The number of anilines is 2. The van der Waals surface area contributed by atoms with Crippen LogP contribution in [-0.2, 0) is 16.1 Å². The van der Waals surface area contributed by atoms with Crippen molar-refractivity contribution in [2.45, 2.75) is 26.3 Å². The van der Waals surface area contributed by atoms with Crippen molar-refractivity contribution < 1.29 is 27.5 Å². The Morgan fingerprint density at radius 3 is 2.43 bits per heavy atom. The van der Waals surface area contributed by atoms with Crippen LogP contribution in [0.2, 0.25) is 0 Å². The molecule has 0 aliphatic carbocycles. The molecular weight excluding hydrogens is 491 g/mol. The molecule has 12 heteroatoms. The normalized spacial score (nSPS) is 11.5. The van der Waals surface area contributed by atoms with Gasteiger partial charge in [0, 0.05) is 31.8 Å². The number of carbonyl (C=O) groups excluding carboxylic acids is 2. The molecule has 0 spiro atoms. The van der Waals surface area contributed by atoms with Crippen LogP contribution in [0.3, 0.4) is 0 Å². The number of rotatable bonds is 9. The molecule has 194 valence electrons. The lowest BCUT2D eigenvalue weighted by Crippen LogP contribution is -2.29. The Hall–Kier alpha value is -4.61. The lowest BCUT2D eigenvalue weighted by atomic mass is 10.1. The monoisotopic (exact) mass is 515 g/mol. The van der Waals surface area contributed by atoms with Gasteiger partial charge in [0.1, 0.15) is 11.4 Å². The molecule has 0 saturated carbocycles. The average molecular weight is 515 g/mol.